The molecule has 3 heterocycles. The molecule has 30 heavy (non-hydrogen) atoms. The lowest BCUT2D eigenvalue weighted by atomic mass is 9.99. The van der Waals surface area contributed by atoms with E-state index in [0.29, 0.717) is 0 Å². The lowest BCUT2D eigenvalue weighted by Gasteiger charge is -2.37. The summed E-state index contributed by atoms with van der Waals surface area (Å²) in [4.78, 5) is 24.2. The van der Waals surface area contributed by atoms with Crippen molar-refractivity contribution < 1.29 is 42.7 Å². The number of fused-ring (bicyclic) bond motifs is 3. The van der Waals surface area contributed by atoms with E-state index in [1.807, 2.05) is 0 Å². The SMILES string of the molecule is C=C(C)C(=O)OCC(C)(Br)C(=O)OCC1OC2OC(C)(C)OC2C2OC(C)(C)OC12. The fraction of sp³-hybridized carbons (Fsp3) is 0.800. The van der Waals surface area contributed by atoms with Crippen LogP contribution < -0.4 is 0 Å². The van der Waals surface area contributed by atoms with Gasteiger partial charge in [0.15, 0.2) is 22.2 Å². The summed E-state index contributed by atoms with van der Waals surface area (Å²) >= 11 is 3.26. The lowest BCUT2D eigenvalue weighted by Crippen LogP contribution is -2.56. The van der Waals surface area contributed by atoms with Gasteiger partial charge in [-0.05, 0) is 41.5 Å². The predicted octanol–water partition coefficient (Wildman–Crippen LogP) is 2.20. The van der Waals surface area contributed by atoms with Crippen LogP contribution in [0.4, 0.5) is 0 Å². The molecular formula is C20H29BrO9. The number of rotatable bonds is 6. The van der Waals surface area contributed by atoms with Crippen molar-refractivity contribution in [2.45, 2.75) is 88.1 Å². The number of esters is 2. The van der Waals surface area contributed by atoms with Crippen molar-refractivity contribution in [2.75, 3.05) is 13.2 Å². The first-order valence-corrected chi connectivity index (χ1v) is 10.6. The fourth-order valence-corrected chi connectivity index (χ4v) is 3.75. The molecule has 3 rings (SSSR count). The summed E-state index contributed by atoms with van der Waals surface area (Å²) < 4.78 is 39.1. The predicted molar refractivity (Wildman–Crippen MR) is 107 cm³/mol. The van der Waals surface area contributed by atoms with Crippen molar-refractivity contribution in [3.05, 3.63) is 12.2 Å². The first kappa shape index (κ1) is 23.6. The Morgan fingerprint density at radius 1 is 1.00 bits per heavy atom. The molecule has 0 N–H and O–H groups in total. The maximum atomic E-state index is 12.6. The van der Waals surface area contributed by atoms with Crippen LogP contribution in [0.1, 0.15) is 41.5 Å². The number of carbonyl (C=O) groups is 2. The summed E-state index contributed by atoms with van der Waals surface area (Å²) in [6.45, 7) is 13.5. The first-order valence-electron chi connectivity index (χ1n) is 9.76. The van der Waals surface area contributed by atoms with Gasteiger partial charge in [0.1, 0.15) is 37.6 Å². The van der Waals surface area contributed by atoms with E-state index >= 15 is 0 Å². The first-order chi connectivity index (χ1) is 13.7. The molecule has 3 fully saturated rings. The number of hydrogen-bond donors (Lipinski definition) is 0. The Balaban J connectivity index is 1.63. The Morgan fingerprint density at radius 3 is 2.20 bits per heavy atom. The van der Waals surface area contributed by atoms with Gasteiger partial charge in [-0.1, -0.05) is 22.5 Å². The third kappa shape index (κ3) is 5.05. The number of hydrogen-bond acceptors (Lipinski definition) is 9. The summed E-state index contributed by atoms with van der Waals surface area (Å²) in [5.41, 5.74) is 0.241. The molecule has 0 aromatic carbocycles. The highest BCUT2D eigenvalue weighted by atomic mass is 79.9. The Hall–Kier alpha value is -1.04. The monoisotopic (exact) mass is 492 g/mol. The standard InChI is InChI=1S/C20H29BrO9/c1-10(2)15(22)25-9-20(7,21)17(23)24-8-11-12-13(28-18(3,4)27-12)14-16(26-11)30-19(5,6)29-14/h11-14,16H,1,8-9H2,2-7H3. The zero-order valence-corrected chi connectivity index (χ0v) is 19.6. The number of carbonyl (C=O) groups excluding carboxylic acids is 2. The third-order valence-electron chi connectivity index (χ3n) is 4.88. The van der Waals surface area contributed by atoms with E-state index in [0.717, 1.165) is 0 Å². The normalized spacial score (nSPS) is 35.6. The van der Waals surface area contributed by atoms with Gasteiger partial charge in [0.05, 0.1) is 0 Å². The van der Waals surface area contributed by atoms with Crippen LogP contribution in [0.2, 0.25) is 0 Å². The minimum absolute atomic E-state index is 0.0952. The van der Waals surface area contributed by atoms with E-state index in [-0.39, 0.29) is 18.8 Å². The van der Waals surface area contributed by atoms with Crippen molar-refractivity contribution in [1.82, 2.24) is 0 Å². The van der Waals surface area contributed by atoms with Gasteiger partial charge in [-0.3, -0.25) is 4.79 Å². The molecule has 10 heteroatoms. The summed E-state index contributed by atoms with van der Waals surface area (Å²) in [5.74, 6) is -2.87. The van der Waals surface area contributed by atoms with Gasteiger partial charge < -0.3 is 33.2 Å². The van der Waals surface area contributed by atoms with E-state index in [2.05, 4.69) is 22.5 Å². The number of ether oxygens (including phenoxy) is 7. The van der Waals surface area contributed by atoms with Crippen LogP contribution >= 0.6 is 15.9 Å². The van der Waals surface area contributed by atoms with E-state index in [1.165, 1.54) is 6.92 Å². The molecule has 0 spiro atoms. The zero-order valence-electron chi connectivity index (χ0n) is 18.1. The largest absolute Gasteiger partial charge is 0.462 e. The highest BCUT2D eigenvalue weighted by molar-refractivity contribution is 9.10. The van der Waals surface area contributed by atoms with Crippen LogP contribution in [-0.2, 0) is 42.7 Å². The lowest BCUT2D eigenvalue weighted by molar-refractivity contribution is -0.242. The molecule has 0 radical (unpaired) electrons. The molecule has 3 aliphatic rings. The highest BCUT2D eigenvalue weighted by Gasteiger charge is 2.61. The van der Waals surface area contributed by atoms with Gasteiger partial charge in [0, 0.05) is 5.57 Å². The van der Waals surface area contributed by atoms with E-state index in [9.17, 15) is 9.59 Å². The van der Waals surface area contributed by atoms with Crippen LogP contribution in [0, 0.1) is 0 Å². The quantitative estimate of drug-likeness (QED) is 0.313. The van der Waals surface area contributed by atoms with E-state index in [1.54, 1.807) is 34.6 Å². The fourth-order valence-electron chi connectivity index (χ4n) is 3.52. The number of alkyl halides is 1. The second-order valence-corrected chi connectivity index (χ2v) is 10.6. The third-order valence-corrected chi connectivity index (χ3v) is 5.43. The van der Waals surface area contributed by atoms with Crippen LogP contribution in [0.25, 0.3) is 0 Å². The molecule has 3 aliphatic heterocycles. The topological polar surface area (TPSA) is 98.8 Å². The smallest absolute Gasteiger partial charge is 0.333 e. The molecule has 0 aromatic rings. The molecule has 6 atom stereocenters. The zero-order chi connectivity index (χ0) is 22.5. The minimum Gasteiger partial charge on any atom is -0.462 e. The second-order valence-electron chi connectivity index (χ2n) is 8.86. The van der Waals surface area contributed by atoms with Crippen LogP contribution in [0.5, 0.6) is 0 Å². The maximum Gasteiger partial charge on any atom is 0.333 e. The summed E-state index contributed by atoms with van der Waals surface area (Å²) in [5, 5.41) is 0. The van der Waals surface area contributed by atoms with Gasteiger partial charge in [-0.25, -0.2) is 4.79 Å². The summed E-state index contributed by atoms with van der Waals surface area (Å²) in [6, 6.07) is 0. The molecule has 0 aliphatic carbocycles. The van der Waals surface area contributed by atoms with Crippen LogP contribution in [0.15, 0.2) is 12.2 Å². The molecule has 6 unspecified atom stereocenters. The van der Waals surface area contributed by atoms with E-state index in [4.69, 9.17) is 33.2 Å². The van der Waals surface area contributed by atoms with Crippen LogP contribution in [-0.4, -0.2) is 71.8 Å². The average Bonchev–Trinajstić information content (AvgIpc) is 3.11. The van der Waals surface area contributed by atoms with Crippen molar-refractivity contribution in [3.8, 4) is 0 Å². The minimum atomic E-state index is -1.23. The second kappa shape index (κ2) is 8.14. The average molecular weight is 493 g/mol. The Morgan fingerprint density at radius 2 is 1.57 bits per heavy atom. The van der Waals surface area contributed by atoms with Gasteiger partial charge in [-0.2, -0.15) is 0 Å². The molecule has 3 saturated heterocycles. The molecule has 170 valence electrons. The van der Waals surface area contributed by atoms with Gasteiger partial charge in [0.25, 0.3) is 0 Å². The van der Waals surface area contributed by atoms with Crippen molar-refractivity contribution in [2.24, 2.45) is 0 Å². The van der Waals surface area contributed by atoms with Gasteiger partial charge in [-0.15, -0.1) is 0 Å². The van der Waals surface area contributed by atoms with Gasteiger partial charge >= 0.3 is 11.9 Å². The van der Waals surface area contributed by atoms with Crippen LogP contribution in [0.3, 0.4) is 0 Å². The van der Waals surface area contributed by atoms with Crippen molar-refractivity contribution >= 4 is 27.9 Å². The molecule has 0 bridgehead atoms. The Labute approximate surface area is 184 Å². The molecule has 9 nitrogen and oxygen atoms in total. The molecule has 0 amide bonds. The maximum absolute atomic E-state index is 12.6. The Kier molecular flexibility index (Phi) is 6.41. The van der Waals surface area contributed by atoms with Gasteiger partial charge in [0.2, 0.25) is 0 Å². The molecule has 0 saturated carbocycles. The summed E-state index contributed by atoms with van der Waals surface area (Å²) in [7, 11) is 0. The van der Waals surface area contributed by atoms with Crippen molar-refractivity contribution in [3.63, 3.8) is 0 Å². The Bertz CT molecular complexity index is 717. The molecular weight excluding hydrogens is 464 g/mol. The highest BCUT2D eigenvalue weighted by Crippen LogP contribution is 2.44. The number of halogens is 1. The summed E-state index contributed by atoms with van der Waals surface area (Å²) in [6.07, 6.45) is -2.69. The van der Waals surface area contributed by atoms with E-state index < -0.39 is 58.5 Å². The van der Waals surface area contributed by atoms with Crippen molar-refractivity contribution in [1.29, 1.82) is 0 Å². The molecule has 0 aromatic heterocycles.